The minimum Gasteiger partial charge on any atom is -0.372 e. The summed E-state index contributed by atoms with van der Waals surface area (Å²) in [7, 11) is 1.74. The summed E-state index contributed by atoms with van der Waals surface area (Å²) in [4.78, 5) is 11.2. The lowest BCUT2D eigenvalue weighted by Gasteiger charge is -2.36. The summed E-state index contributed by atoms with van der Waals surface area (Å²) in [6, 6.07) is 9.61. The predicted octanol–water partition coefficient (Wildman–Crippen LogP) is 3.87. The van der Waals surface area contributed by atoms with Crippen LogP contribution in [0.4, 0.5) is 5.82 Å². The number of hydrogen-bond donors (Lipinski definition) is 2. The lowest BCUT2D eigenvalue weighted by Crippen LogP contribution is -2.45. The molecule has 1 fully saturated rings. The number of benzene rings is 1. The van der Waals surface area contributed by atoms with Crippen LogP contribution in [-0.4, -0.2) is 43.3 Å². The number of halogens is 2. The number of aromatic nitrogens is 1. The normalized spacial score (nSPS) is 19.9. The van der Waals surface area contributed by atoms with Crippen molar-refractivity contribution in [2.24, 2.45) is 4.99 Å². The maximum absolute atomic E-state index is 6.22. The minimum atomic E-state index is 0.213. The van der Waals surface area contributed by atoms with Crippen molar-refractivity contribution in [3.63, 3.8) is 0 Å². The molecule has 1 aliphatic heterocycles. The quantitative estimate of drug-likeness (QED) is 0.551. The Morgan fingerprint density at radius 3 is 2.48 bits per heavy atom. The lowest BCUT2D eigenvalue weighted by molar-refractivity contribution is -0.00545. The molecule has 0 aliphatic carbocycles. The van der Waals surface area contributed by atoms with Crippen molar-refractivity contribution in [2.45, 2.75) is 39.1 Å². The number of pyridine rings is 1. The van der Waals surface area contributed by atoms with Gasteiger partial charge < -0.3 is 20.3 Å². The first-order valence-electron chi connectivity index (χ1n) is 9.68. The van der Waals surface area contributed by atoms with Crippen LogP contribution < -0.4 is 15.5 Å². The zero-order valence-electron chi connectivity index (χ0n) is 17.0. The van der Waals surface area contributed by atoms with Crippen molar-refractivity contribution in [1.82, 2.24) is 15.6 Å². The number of anilines is 1. The van der Waals surface area contributed by atoms with E-state index < -0.39 is 0 Å². The highest BCUT2D eigenvalue weighted by Gasteiger charge is 2.22. The Kier molecular flexibility index (Phi) is 7.58. The maximum Gasteiger partial charge on any atom is 0.191 e. The highest BCUT2D eigenvalue weighted by atomic mass is 35.5. The fourth-order valence-corrected chi connectivity index (χ4v) is 3.80. The van der Waals surface area contributed by atoms with Crippen LogP contribution in [0.5, 0.6) is 0 Å². The lowest BCUT2D eigenvalue weighted by atomic mass is 10.2. The summed E-state index contributed by atoms with van der Waals surface area (Å²) >= 11 is 12.2. The van der Waals surface area contributed by atoms with Crippen LogP contribution in [0.2, 0.25) is 10.0 Å². The van der Waals surface area contributed by atoms with Gasteiger partial charge in [-0.25, -0.2) is 4.98 Å². The number of nitrogens with one attached hydrogen (secondary N) is 2. The Balaban J connectivity index is 1.51. The second kappa shape index (κ2) is 10.1. The largest absolute Gasteiger partial charge is 0.372 e. The molecule has 0 amide bonds. The Morgan fingerprint density at radius 1 is 1.14 bits per heavy atom. The topological polar surface area (TPSA) is 61.8 Å². The van der Waals surface area contributed by atoms with E-state index in [9.17, 15) is 0 Å². The third-order valence-electron chi connectivity index (χ3n) is 4.70. The van der Waals surface area contributed by atoms with E-state index in [4.69, 9.17) is 27.9 Å². The van der Waals surface area contributed by atoms with Crippen LogP contribution in [0.15, 0.2) is 41.5 Å². The number of rotatable bonds is 5. The first-order chi connectivity index (χ1) is 13.9. The van der Waals surface area contributed by atoms with Crippen molar-refractivity contribution in [1.29, 1.82) is 0 Å². The third-order valence-corrected chi connectivity index (χ3v) is 5.28. The van der Waals surface area contributed by atoms with Crippen molar-refractivity contribution in [3.8, 4) is 0 Å². The summed E-state index contributed by atoms with van der Waals surface area (Å²) in [5, 5.41) is 7.81. The van der Waals surface area contributed by atoms with Gasteiger partial charge in [0.2, 0.25) is 0 Å². The Bertz CT molecular complexity index is 833. The molecule has 156 valence electrons. The molecule has 8 heteroatoms. The van der Waals surface area contributed by atoms with E-state index in [0.717, 1.165) is 30.0 Å². The van der Waals surface area contributed by atoms with Gasteiger partial charge in [-0.05, 0) is 43.2 Å². The SMILES string of the molecule is CN=C(NCc1ccc(N2CC(C)OC(C)C2)nc1)NCc1ccc(Cl)cc1Cl. The monoisotopic (exact) mass is 435 g/mol. The molecular weight excluding hydrogens is 409 g/mol. The molecule has 1 aromatic carbocycles. The average molecular weight is 436 g/mol. The van der Waals surface area contributed by atoms with Gasteiger partial charge in [0.25, 0.3) is 0 Å². The average Bonchev–Trinajstić information content (AvgIpc) is 2.69. The first kappa shape index (κ1) is 21.7. The van der Waals surface area contributed by atoms with E-state index in [1.54, 1.807) is 13.1 Å². The molecule has 1 aliphatic rings. The Morgan fingerprint density at radius 2 is 1.86 bits per heavy atom. The number of guanidine groups is 1. The molecule has 1 aromatic heterocycles. The number of hydrogen-bond acceptors (Lipinski definition) is 4. The molecule has 0 radical (unpaired) electrons. The molecule has 6 nitrogen and oxygen atoms in total. The van der Waals surface area contributed by atoms with E-state index in [1.807, 2.05) is 18.3 Å². The van der Waals surface area contributed by atoms with E-state index in [1.165, 1.54) is 0 Å². The van der Waals surface area contributed by atoms with Gasteiger partial charge in [-0.1, -0.05) is 35.3 Å². The van der Waals surface area contributed by atoms with Gasteiger partial charge in [0.15, 0.2) is 5.96 Å². The highest BCUT2D eigenvalue weighted by Crippen LogP contribution is 2.21. The van der Waals surface area contributed by atoms with Crippen LogP contribution >= 0.6 is 23.2 Å². The first-order valence-corrected chi connectivity index (χ1v) is 10.4. The molecule has 1 saturated heterocycles. The van der Waals surface area contributed by atoms with E-state index in [0.29, 0.717) is 29.1 Å². The Hall–Kier alpha value is -2.02. The summed E-state index contributed by atoms with van der Waals surface area (Å²) in [6.07, 6.45) is 2.33. The summed E-state index contributed by atoms with van der Waals surface area (Å²) < 4.78 is 5.79. The molecule has 2 N–H and O–H groups in total. The van der Waals surface area contributed by atoms with Gasteiger partial charge in [0.05, 0.1) is 12.2 Å². The van der Waals surface area contributed by atoms with Crippen LogP contribution in [0.25, 0.3) is 0 Å². The number of ether oxygens (including phenoxy) is 1. The molecule has 0 spiro atoms. The molecule has 3 rings (SSSR count). The van der Waals surface area contributed by atoms with E-state index in [2.05, 4.69) is 51.5 Å². The minimum absolute atomic E-state index is 0.213. The number of nitrogens with zero attached hydrogens (tertiary/aromatic N) is 3. The number of aliphatic imine (C=N–C) groups is 1. The van der Waals surface area contributed by atoms with Crippen LogP contribution in [-0.2, 0) is 17.8 Å². The van der Waals surface area contributed by atoms with Crippen molar-refractivity contribution in [3.05, 3.63) is 57.7 Å². The van der Waals surface area contributed by atoms with Crippen LogP contribution in [0.3, 0.4) is 0 Å². The summed E-state index contributed by atoms with van der Waals surface area (Å²) in [6.45, 7) is 7.09. The zero-order valence-corrected chi connectivity index (χ0v) is 18.5. The molecule has 2 heterocycles. The maximum atomic E-state index is 6.22. The van der Waals surface area contributed by atoms with Crippen LogP contribution in [0.1, 0.15) is 25.0 Å². The second-order valence-electron chi connectivity index (χ2n) is 7.20. The Labute approximate surface area is 182 Å². The molecule has 29 heavy (non-hydrogen) atoms. The fourth-order valence-electron chi connectivity index (χ4n) is 3.32. The fraction of sp³-hybridized carbons (Fsp3) is 0.429. The zero-order chi connectivity index (χ0) is 20.8. The van der Waals surface area contributed by atoms with Crippen molar-refractivity contribution >= 4 is 35.0 Å². The van der Waals surface area contributed by atoms with Crippen molar-refractivity contribution in [2.75, 3.05) is 25.0 Å². The van der Waals surface area contributed by atoms with Gasteiger partial charge in [-0.3, -0.25) is 4.99 Å². The molecule has 0 bridgehead atoms. The molecule has 0 saturated carbocycles. The molecular formula is C21H27Cl2N5O. The number of morpholine rings is 1. The van der Waals surface area contributed by atoms with Gasteiger partial charge in [0.1, 0.15) is 5.82 Å². The molecule has 2 atom stereocenters. The van der Waals surface area contributed by atoms with Gasteiger partial charge in [0, 0.05) is 49.5 Å². The second-order valence-corrected chi connectivity index (χ2v) is 8.05. The summed E-state index contributed by atoms with van der Waals surface area (Å²) in [5.74, 6) is 1.67. The van der Waals surface area contributed by atoms with Gasteiger partial charge in [-0.2, -0.15) is 0 Å². The van der Waals surface area contributed by atoms with E-state index >= 15 is 0 Å². The van der Waals surface area contributed by atoms with E-state index in [-0.39, 0.29) is 12.2 Å². The predicted molar refractivity (Wildman–Crippen MR) is 120 cm³/mol. The third kappa shape index (κ3) is 6.23. The van der Waals surface area contributed by atoms with Crippen molar-refractivity contribution < 1.29 is 4.74 Å². The molecule has 2 unspecified atom stereocenters. The molecule has 2 aromatic rings. The van der Waals surface area contributed by atoms with Gasteiger partial charge >= 0.3 is 0 Å². The smallest absolute Gasteiger partial charge is 0.191 e. The highest BCUT2D eigenvalue weighted by molar-refractivity contribution is 6.35. The standard InChI is InChI=1S/C21H27Cl2N5O/c1-14-12-28(13-15(2)29-14)20-7-4-16(9-25-20)10-26-21(24-3)27-11-17-5-6-18(22)8-19(17)23/h4-9,14-15H,10-13H2,1-3H3,(H2,24,26,27). The van der Waals surface area contributed by atoms with Gasteiger partial charge in [-0.15, -0.1) is 0 Å². The summed E-state index contributed by atoms with van der Waals surface area (Å²) in [5.41, 5.74) is 2.04. The van der Waals surface area contributed by atoms with Crippen LogP contribution in [0, 0.1) is 0 Å².